The van der Waals surface area contributed by atoms with Gasteiger partial charge in [-0.1, -0.05) is 28.1 Å². The fraction of sp³-hybridized carbons (Fsp3) is 0.200. The van der Waals surface area contributed by atoms with Gasteiger partial charge in [0.25, 0.3) is 5.69 Å². The first kappa shape index (κ1) is 15.3. The number of nitrogens with zero attached hydrogens (tertiary/aromatic N) is 1. The van der Waals surface area contributed by atoms with Crippen molar-refractivity contribution in [3.8, 4) is 5.75 Å². The molecule has 0 aromatic heterocycles. The summed E-state index contributed by atoms with van der Waals surface area (Å²) >= 11 is 3.34. The minimum Gasteiger partial charge on any atom is -0.492 e. The van der Waals surface area contributed by atoms with Crippen molar-refractivity contribution in [2.75, 3.05) is 11.9 Å². The quantitative estimate of drug-likeness (QED) is 0.620. The van der Waals surface area contributed by atoms with Gasteiger partial charge in [-0.2, -0.15) is 0 Å². The molecule has 2 aromatic rings. The van der Waals surface area contributed by atoms with Crippen molar-refractivity contribution in [3.05, 3.63) is 62.6 Å². The minimum atomic E-state index is -0.377. The van der Waals surface area contributed by atoms with Crippen molar-refractivity contribution in [1.29, 1.82) is 0 Å². The number of anilines is 1. The van der Waals surface area contributed by atoms with Crippen molar-refractivity contribution in [2.45, 2.75) is 13.5 Å². The van der Waals surface area contributed by atoms with E-state index in [2.05, 4.69) is 21.2 Å². The van der Waals surface area contributed by atoms with Crippen LogP contribution in [-0.4, -0.2) is 11.5 Å². The van der Waals surface area contributed by atoms with Crippen LogP contribution in [-0.2, 0) is 6.54 Å². The van der Waals surface area contributed by atoms with Crippen LogP contribution in [0.2, 0.25) is 0 Å². The summed E-state index contributed by atoms with van der Waals surface area (Å²) in [5.74, 6) is 0.734. The molecule has 21 heavy (non-hydrogen) atoms. The Morgan fingerprint density at radius 3 is 2.76 bits per heavy atom. The number of hydrogen-bond acceptors (Lipinski definition) is 4. The van der Waals surface area contributed by atoms with Crippen LogP contribution in [0, 0.1) is 10.1 Å². The van der Waals surface area contributed by atoms with Gasteiger partial charge in [0, 0.05) is 22.6 Å². The average Bonchev–Trinajstić information content (AvgIpc) is 2.46. The number of nitro groups is 1. The Hall–Kier alpha value is -2.08. The van der Waals surface area contributed by atoms with Gasteiger partial charge < -0.3 is 10.1 Å². The van der Waals surface area contributed by atoms with E-state index in [9.17, 15) is 10.1 Å². The first-order chi connectivity index (χ1) is 10.1. The monoisotopic (exact) mass is 350 g/mol. The number of nitrogens with one attached hydrogen (secondary N) is 1. The van der Waals surface area contributed by atoms with E-state index in [1.54, 1.807) is 12.1 Å². The zero-order valence-electron chi connectivity index (χ0n) is 11.5. The van der Waals surface area contributed by atoms with E-state index in [0.29, 0.717) is 18.7 Å². The van der Waals surface area contributed by atoms with E-state index in [0.717, 1.165) is 15.9 Å². The van der Waals surface area contributed by atoms with Crippen molar-refractivity contribution in [1.82, 2.24) is 0 Å². The molecule has 0 bridgehead atoms. The van der Waals surface area contributed by atoms with Gasteiger partial charge in [0.05, 0.1) is 17.2 Å². The van der Waals surface area contributed by atoms with Gasteiger partial charge in [0.1, 0.15) is 5.75 Å². The van der Waals surface area contributed by atoms with E-state index in [1.807, 2.05) is 31.2 Å². The maximum Gasteiger partial charge on any atom is 0.274 e. The molecule has 0 fully saturated rings. The maximum atomic E-state index is 11.1. The summed E-state index contributed by atoms with van der Waals surface area (Å²) in [4.78, 5) is 10.7. The Morgan fingerprint density at radius 2 is 2.05 bits per heavy atom. The highest BCUT2D eigenvalue weighted by Gasteiger charge is 2.14. The number of benzene rings is 2. The Balaban J connectivity index is 2.20. The molecule has 0 unspecified atom stereocenters. The Morgan fingerprint density at radius 1 is 1.29 bits per heavy atom. The molecule has 0 saturated carbocycles. The molecule has 2 aromatic carbocycles. The van der Waals surface area contributed by atoms with Crippen LogP contribution in [0.1, 0.15) is 12.5 Å². The number of hydrogen-bond donors (Lipinski definition) is 1. The molecule has 0 aliphatic rings. The molecule has 0 aliphatic heterocycles. The van der Waals surface area contributed by atoms with Gasteiger partial charge in [0.2, 0.25) is 0 Å². The highest BCUT2D eigenvalue weighted by molar-refractivity contribution is 9.10. The van der Waals surface area contributed by atoms with Gasteiger partial charge >= 0.3 is 0 Å². The molecular weight excluding hydrogens is 336 g/mol. The zero-order valence-corrected chi connectivity index (χ0v) is 13.1. The SMILES string of the molecule is CCOc1ccccc1NCc1cc(Br)ccc1[N+](=O)[O-]. The van der Waals surface area contributed by atoms with Gasteiger partial charge in [-0.15, -0.1) is 0 Å². The smallest absolute Gasteiger partial charge is 0.274 e. The second kappa shape index (κ2) is 7.08. The molecule has 0 amide bonds. The Kier molecular flexibility index (Phi) is 5.16. The molecule has 0 spiro atoms. The molecule has 0 aliphatic carbocycles. The summed E-state index contributed by atoms with van der Waals surface area (Å²) in [6, 6.07) is 12.4. The topological polar surface area (TPSA) is 64.4 Å². The third-order valence-electron chi connectivity index (χ3n) is 2.89. The van der Waals surface area contributed by atoms with E-state index >= 15 is 0 Å². The summed E-state index contributed by atoms with van der Waals surface area (Å²) in [6.07, 6.45) is 0. The number of ether oxygens (including phenoxy) is 1. The van der Waals surface area contributed by atoms with Crippen molar-refractivity contribution in [3.63, 3.8) is 0 Å². The second-order valence-corrected chi connectivity index (χ2v) is 5.23. The number of para-hydroxylation sites is 2. The van der Waals surface area contributed by atoms with Crippen LogP contribution in [0.4, 0.5) is 11.4 Å². The van der Waals surface area contributed by atoms with Gasteiger partial charge in [0.15, 0.2) is 0 Å². The Bertz CT molecular complexity index is 647. The van der Waals surface area contributed by atoms with E-state index in [1.165, 1.54) is 6.07 Å². The molecule has 2 rings (SSSR count). The van der Waals surface area contributed by atoms with Crippen LogP contribution >= 0.6 is 15.9 Å². The normalized spacial score (nSPS) is 10.2. The van der Waals surface area contributed by atoms with Crippen LogP contribution in [0.3, 0.4) is 0 Å². The first-order valence-electron chi connectivity index (χ1n) is 6.50. The van der Waals surface area contributed by atoms with Gasteiger partial charge in [-0.05, 0) is 31.2 Å². The highest BCUT2D eigenvalue weighted by Crippen LogP contribution is 2.27. The molecule has 110 valence electrons. The molecule has 0 radical (unpaired) electrons. The van der Waals surface area contributed by atoms with E-state index in [-0.39, 0.29) is 10.6 Å². The molecule has 1 N–H and O–H groups in total. The lowest BCUT2D eigenvalue weighted by Crippen LogP contribution is -2.05. The fourth-order valence-electron chi connectivity index (χ4n) is 1.96. The van der Waals surface area contributed by atoms with Crippen LogP contribution in [0.25, 0.3) is 0 Å². The van der Waals surface area contributed by atoms with Crippen molar-refractivity contribution < 1.29 is 9.66 Å². The third-order valence-corrected chi connectivity index (χ3v) is 3.39. The summed E-state index contributed by atoms with van der Waals surface area (Å²) < 4.78 is 6.33. The molecule has 0 heterocycles. The van der Waals surface area contributed by atoms with E-state index in [4.69, 9.17) is 4.74 Å². The van der Waals surface area contributed by atoms with Crippen molar-refractivity contribution in [2.24, 2.45) is 0 Å². The fourth-order valence-corrected chi connectivity index (χ4v) is 2.37. The molecule has 6 heteroatoms. The maximum absolute atomic E-state index is 11.1. The summed E-state index contributed by atoms with van der Waals surface area (Å²) in [5.41, 5.74) is 1.52. The molecule has 5 nitrogen and oxygen atoms in total. The highest BCUT2D eigenvalue weighted by atomic mass is 79.9. The van der Waals surface area contributed by atoms with E-state index < -0.39 is 0 Å². The number of rotatable bonds is 6. The second-order valence-electron chi connectivity index (χ2n) is 4.31. The molecular formula is C15H15BrN2O3. The lowest BCUT2D eigenvalue weighted by Gasteiger charge is -2.12. The van der Waals surface area contributed by atoms with Crippen LogP contribution < -0.4 is 10.1 Å². The number of nitro benzene ring substituents is 1. The lowest BCUT2D eigenvalue weighted by molar-refractivity contribution is -0.385. The average molecular weight is 351 g/mol. The predicted molar refractivity (Wildman–Crippen MR) is 85.7 cm³/mol. The lowest BCUT2D eigenvalue weighted by atomic mass is 10.1. The standard InChI is InChI=1S/C15H15BrN2O3/c1-2-21-15-6-4-3-5-13(15)17-10-11-9-12(16)7-8-14(11)18(19)20/h3-9,17H,2,10H2,1H3. The van der Waals surface area contributed by atoms with Crippen LogP contribution in [0.5, 0.6) is 5.75 Å². The van der Waals surface area contributed by atoms with Gasteiger partial charge in [-0.3, -0.25) is 10.1 Å². The summed E-state index contributed by atoms with van der Waals surface area (Å²) in [6.45, 7) is 2.82. The minimum absolute atomic E-state index is 0.0968. The first-order valence-corrected chi connectivity index (χ1v) is 7.29. The number of halogens is 1. The Labute approximate surface area is 131 Å². The summed E-state index contributed by atoms with van der Waals surface area (Å²) in [7, 11) is 0. The predicted octanol–water partition coefficient (Wildman–Crippen LogP) is 4.37. The van der Waals surface area contributed by atoms with Gasteiger partial charge in [-0.25, -0.2) is 0 Å². The molecule has 0 atom stereocenters. The zero-order chi connectivity index (χ0) is 15.2. The summed E-state index contributed by atoms with van der Waals surface area (Å²) in [5, 5.41) is 14.2. The van der Waals surface area contributed by atoms with Crippen LogP contribution in [0.15, 0.2) is 46.9 Å². The van der Waals surface area contributed by atoms with Crippen molar-refractivity contribution >= 4 is 27.3 Å². The largest absolute Gasteiger partial charge is 0.492 e. The third kappa shape index (κ3) is 3.95. The molecule has 0 saturated heterocycles.